The van der Waals surface area contributed by atoms with Crippen LogP contribution < -0.4 is 5.32 Å². The molecule has 0 aliphatic carbocycles. The van der Waals surface area contributed by atoms with E-state index in [1.54, 1.807) is 0 Å². The van der Waals surface area contributed by atoms with Gasteiger partial charge in [0.25, 0.3) is 0 Å². The maximum absolute atomic E-state index is 6.24. The van der Waals surface area contributed by atoms with E-state index in [0.29, 0.717) is 0 Å². The van der Waals surface area contributed by atoms with E-state index in [4.69, 9.17) is 11.6 Å². The number of hydrogen-bond acceptors (Lipinski definition) is 3. The first-order valence-electron chi connectivity index (χ1n) is 5.98. The Kier molecular flexibility index (Phi) is 4.28. The molecule has 1 aromatic carbocycles. The molecule has 0 saturated carbocycles. The lowest BCUT2D eigenvalue weighted by atomic mass is 10.1. The quantitative estimate of drug-likeness (QED) is 0.919. The molecule has 1 atom stereocenters. The average molecular weight is 262 g/mol. The lowest BCUT2D eigenvalue weighted by molar-refractivity contribution is 0.597. The van der Waals surface area contributed by atoms with Crippen molar-refractivity contribution in [3.05, 3.63) is 58.6 Å². The fourth-order valence-corrected chi connectivity index (χ4v) is 2.05. The SMILES string of the molecule is CCNC(c1ncc(C)cn1)c1ccccc1Cl. The van der Waals surface area contributed by atoms with Crippen LogP contribution in [0.25, 0.3) is 0 Å². The predicted octanol–water partition coefficient (Wildman–Crippen LogP) is 3.14. The Labute approximate surface area is 112 Å². The molecule has 0 spiro atoms. The van der Waals surface area contributed by atoms with E-state index < -0.39 is 0 Å². The van der Waals surface area contributed by atoms with Crippen LogP contribution in [0, 0.1) is 6.92 Å². The van der Waals surface area contributed by atoms with Gasteiger partial charge in [0.15, 0.2) is 0 Å². The molecule has 0 bridgehead atoms. The molecule has 1 heterocycles. The van der Waals surface area contributed by atoms with Crippen LogP contribution in [0.1, 0.15) is 29.9 Å². The summed E-state index contributed by atoms with van der Waals surface area (Å²) in [5, 5.41) is 4.10. The predicted molar refractivity (Wildman–Crippen MR) is 73.7 cm³/mol. The first kappa shape index (κ1) is 13.0. The molecule has 0 amide bonds. The van der Waals surface area contributed by atoms with Crippen molar-refractivity contribution in [2.24, 2.45) is 0 Å². The third-order valence-corrected chi connectivity index (χ3v) is 3.03. The Morgan fingerprint density at radius 2 is 1.89 bits per heavy atom. The fourth-order valence-electron chi connectivity index (χ4n) is 1.81. The van der Waals surface area contributed by atoms with Gasteiger partial charge in [-0.25, -0.2) is 9.97 Å². The molecule has 4 heteroatoms. The van der Waals surface area contributed by atoms with E-state index in [2.05, 4.69) is 22.2 Å². The van der Waals surface area contributed by atoms with Crippen LogP contribution in [-0.2, 0) is 0 Å². The summed E-state index contributed by atoms with van der Waals surface area (Å²) in [6.45, 7) is 4.85. The average Bonchev–Trinajstić information content (AvgIpc) is 2.38. The second-order valence-electron chi connectivity index (χ2n) is 4.13. The highest BCUT2D eigenvalue weighted by atomic mass is 35.5. The molecule has 0 saturated heterocycles. The molecular weight excluding hydrogens is 246 g/mol. The van der Waals surface area contributed by atoms with E-state index in [9.17, 15) is 0 Å². The Hall–Kier alpha value is -1.45. The molecule has 1 aromatic heterocycles. The summed E-state index contributed by atoms with van der Waals surface area (Å²) in [5.74, 6) is 0.746. The molecule has 2 rings (SSSR count). The minimum Gasteiger partial charge on any atom is -0.304 e. The summed E-state index contributed by atoms with van der Waals surface area (Å²) in [6, 6.07) is 7.71. The highest BCUT2D eigenvalue weighted by molar-refractivity contribution is 6.31. The number of hydrogen-bond donors (Lipinski definition) is 1. The number of nitrogens with zero attached hydrogens (tertiary/aromatic N) is 2. The number of rotatable bonds is 4. The number of aryl methyl sites for hydroxylation is 1. The Bertz CT molecular complexity index is 511. The highest BCUT2D eigenvalue weighted by Gasteiger charge is 2.17. The minimum absolute atomic E-state index is 0.0655. The van der Waals surface area contributed by atoms with Gasteiger partial charge in [0.05, 0.1) is 6.04 Å². The fraction of sp³-hybridized carbons (Fsp3) is 0.286. The zero-order valence-electron chi connectivity index (χ0n) is 10.5. The molecule has 0 radical (unpaired) electrons. The second kappa shape index (κ2) is 5.94. The van der Waals surface area contributed by atoms with E-state index >= 15 is 0 Å². The summed E-state index contributed by atoms with van der Waals surface area (Å²) in [5.41, 5.74) is 2.05. The van der Waals surface area contributed by atoms with Crippen molar-refractivity contribution in [2.45, 2.75) is 19.9 Å². The van der Waals surface area contributed by atoms with Crippen LogP contribution in [-0.4, -0.2) is 16.5 Å². The second-order valence-corrected chi connectivity index (χ2v) is 4.54. The molecule has 1 N–H and O–H groups in total. The molecule has 3 nitrogen and oxygen atoms in total. The van der Waals surface area contributed by atoms with Crippen molar-refractivity contribution in [3.63, 3.8) is 0 Å². The van der Waals surface area contributed by atoms with Gasteiger partial charge in [-0.2, -0.15) is 0 Å². The Balaban J connectivity index is 2.40. The molecule has 0 aliphatic rings. The zero-order valence-corrected chi connectivity index (χ0v) is 11.3. The van der Waals surface area contributed by atoms with Gasteiger partial charge in [0.2, 0.25) is 0 Å². The van der Waals surface area contributed by atoms with E-state index in [0.717, 1.165) is 28.5 Å². The summed E-state index contributed by atoms with van der Waals surface area (Å²) in [4.78, 5) is 8.76. The Morgan fingerprint density at radius 3 is 2.50 bits per heavy atom. The van der Waals surface area contributed by atoms with Crippen LogP contribution in [0.15, 0.2) is 36.7 Å². The van der Waals surface area contributed by atoms with Crippen molar-refractivity contribution in [2.75, 3.05) is 6.54 Å². The monoisotopic (exact) mass is 261 g/mol. The van der Waals surface area contributed by atoms with Crippen molar-refractivity contribution < 1.29 is 0 Å². The highest BCUT2D eigenvalue weighted by Crippen LogP contribution is 2.25. The Morgan fingerprint density at radius 1 is 1.22 bits per heavy atom. The maximum Gasteiger partial charge on any atom is 0.149 e. The number of aromatic nitrogens is 2. The maximum atomic E-state index is 6.24. The topological polar surface area (TPSA) is 37.8 Å². The standard InChI is InChI=1S/C14H16ClN3/c1-3-16-13(11-6-4-5-7-12(11)15)14-17-8-10(2)9-18-14/h4-9,13,16H,3H2,1-2H3. The van der Waals surface area contributed by atoms with E-state index in [1.165, 1.54) is 0 Å². The van der Waals surface area contributed by atoms with Gasteiger partial charge < -0.3 is 5.32 Å². The largest absolute Gasteiger partial charge is 0.304 e. The molecular formula is C14H16ClN3. The lowest BCUT2D eigenvalue weighted by Gasteiger charge is -2.18. The first-order chi connectivity index (χ1) is 8.72. The van der Waals surface area contributed by atoms with Crippen LogP contribution in [0.2, 0.25) is 5.02 Å². The van der Waals surface area contributed by atoms with Crippen LogP contribution in [0.3, 0.4) is 0 Å². The van der Waals surface area contributed by atoms with Gasteiger partial charge in [-0.1, -0.05) is 36.7 Å². The van der Waals surface area contributed by atoms with Gasteiger partial charge in [0, 0.05) is 17.4 Å². The van der Waals surface area contributed by atoms with Crippen molar-refractivity contribution >= 4 is 11.6 Å². The zero-order chi connectivity index (χ0) is 13.0. The van der Waals surface area contributed by atoms with Gasteiger partial charge in [-0.05, 0) is 30.7 Å². The molecule has 94 valence electrons. The van der Waals surface area contributed by atoms with Crippen molar-refractivity contribution in [1.82, 2.24) is 15.3 Å². The van der Waals surface area contributed by atoms with Crippen LogP contribution in [0.4, 0.5) is 0 Å². The molecule has 0 fully saturated rings. The molecule has 18 heavy (non-hydrogen) atoms. The van der Waals surface area contributed by atoms with Crippen molar-refractivity contribution in [1.29, 1.82) is 0 Å². The van der Waals surface area contributed by atoms with Crippen LogP contribution in [0.5, 0.6) is 0 Å². The molecule has 2 aromatic rings. The van der Waals surface area contributed by atoms with E-state index in [-0.39, 0.29) is 6.04 Å². The van der Waals surface area contributed by atoms with Gasteiger partial charge in [0.1, 0.15) is 5.82 Å². The third kappa shape index (κ3) is 2.86. The van der Waals surface area contributed by atoms with Crippen molar-refractivity contribution in [3.8, 4) is 0 Å². The van der Waals surface area contributed by atoms with Crippen LogP contribution >= 0.6 is 11.6 Å². The summed E-state index contributed by atoms with van der Waals surface area (Å²) < 4.78 is 0. The first-order valence-corrected chi connectivity index (χ1v) is 6.36. The smallest absolute Gasteiger partial charge is 0.149 e. The molecule has 0 aliphatic heterocycles. The van der Waals surface area contributed by atoms with E-state index in [1.807, 2.05) is 43.6 Å². The summed E-state index contributed by atoms with van der Waals surface area (Å²) in [6.07, 6.45) is 3.65. The summed E-state index contributed by atoms with van der Waals surface area (Å²) in [7, 11) is 0. The molecule has 1 unspecified atom stereocenters. The minimum atomic E-state index is -0.0655. The number of halogens is 1. The third-order valence-electron chi connectivity index (χ3n) is 2.68. The number of nitrogens with one attached hydrogen (secondary N) is 1. The normalized spacial score (nSPS) is 12.4. The lowest BCUT2D eigenvalue weighted by Crippen LogP contribution is -2.24. The summed E-state index contributed by atoms with van der Waals surface area (Å²) >= 11 is 6.24. The van der Waals surface area contributed by atoms with Gasteiger partial charge in [-0.3, -0.25) is 0 Å². The van der Waals surface area contributed by atoms with Gasteiger partial charge >= 0.3 is 0 Å². The van der Waals surface area contributed by atoms with Gasteiger partial charge in [-0.15, -0.1) is 0 Å². The number of benzene rings is 1.